The van der Waals surface area contributed by atoms with Crippen LogP contribution in [0.5, 0.6) is 0 Å². The summed E-state index contributed by atoms with van der Waals surface area (Å²) in [7, 11) is 0. The van der Waals surface area contributed by atoms with Gasteiger partial charge in [0.05, 0.1) is 6.04 Å². The number of fused-ring (bicyclic) bond motifs is 4. The number of hydrogen-bond donors (Lipinski definition) is 1. The van der Waals surface area contributed by atoms with Crippen LogP contribution < -0.4 is 5.32 Å². The number of anilines is 1. The van der Waals surface area contributed by atoms with E-state index >= 15 is 0 Å². The number of aromatic nitrogens is 1. The van der Waals surface area contributed by atoms with Gasteiger partial charge in [0.15, 0.2) is 5.78 Å². The van der Waals surface area contributed by atoms with Crippen LogP contribution in [0.3, 0.4) is 0 Å². The SMILES string of the molecule is CC1(C)CC(=O)C2=C(C1)[C@H](c1cccnc1)Nc1ccc3ccccc3c12. The molecule has 0 amide bonds. The minimum Gasteiger partial charge on any atom is -0.374 e. The Morgan fingerprint density at radius 1 is 1.04 bits per heavy atom. The molecule has 0 radical (unpaired) electrons. The first-order valence-corrected chi connectivity index (χ1v) is 9.48. The maximum absolute atomic E-state index is 13.3. The predicted molar refractivity (Wildman–Crippen MR) is 109 cm³/mol. The summed E-state index contributed by atoms with van der Waals surface area (Å²) >= 11 is 0. The molecule has 0 saturated carbocycles. The van der Waals surface area contributed by atoms with Gasteiger partial charge in [-0.25, -0.2) is 0 Å². The Morgan fingerprint density at radius 3 is 2.70 bits per heavy atom. The van der Waals surface area contributed by atoms with Crippen LogP contribution in [0, 0.1) is 5.41 Å². The van der Waals surface area contributed by atoms with E-state index in [1.165, 1.54) is 11.0 Å². The van der Waals surface area contributed by atoms with Gasteiger partial charge in [-0.3, -0.25) is 9.78 Å². The van der Waals surface area contributed by atoms with E-state index in [0.717, 1.165) is 34.2 Å². The Hall–Kier alpha value is -2.94. The lowest BCUT2D eigenvalue weighted by molar-refractivity contribution is -0.116. The summed E-state index contributed by atoms with van der Waals surface area (Å²) in [5.74, 6) is 0.259. The molecule has 134 valence electrons. The first kappa shape index (κ1) is 16.2. The Bertz CT molecular complexity index is 1100. The van der Waals surface area contributed by atoms with Crippen LogP contribution in [0.2, 0.25) is 0 Å². The molecular formula is C24H22N2O. The zero-order valence-electron chi connectivity index (χ0n) is 15.6. The highest BCUT2D eigenvalue weighted by Crippen LogP contribution is 2.51. The Balaban J connectivity index is 1.82. The molecule has 1 N–H and O–H groups in total. The summed E-state index contributed by atoms with van der Waals surface area (Å²) in [6.45, 7) is 4.38. The molecule has 3 aromatic rings. The van der Waals surface area contributed by atoms with Crippen LogP contribution in [0.15, 0.2) is 66.5 Å². The number of benzene rings is 2. The molecule has 1 aliphatic carbocycles. The first-order chi connectivity index (χ1) is 13.0. The highest BCUT2D eigenvalue weighted by molar-refractivity contribution is 6.28. The predicted octanol–water partition coefficient (Wildman–Crippen LogP) is 5.54. The second-order valence-corrected chi connectivity index (χ2v) is 8.41. The summed E-state index contributed by atoms with van der Waals surface area (Å²) < 4.78 is 0. The first-order valence-electron chi connectivity index (χ1n) is 9.48. The van der Waals surface area contributed by atoms with E-state index in [4.69, 9.17) is 0 Å². The molecule has 0 saturated heterocycles. The van der Waals surface area contributed by atoms with Gasteiger partial charge < -0.3 is 5.32 Å². The molecule has 0 spiro atoms. The van der Waals surface area contributed by atoms with Gasteiger partial charge in [0.1, 0.15) is 0 Å². The number of allylic oxidation sites excluding steroid dienone is 1. The van der Waals surface area contributed by atoms with Crippen molar-refractivity contribution in [1.29, 1.82) is 0 Å². The third-order valence-electron chi connectivity index (χ3n) is 5.75. The van der Waals surface area contributed by atoms with Gasteiger partial charge in [0.2, 0.25) is 0 Å². The average molecular weight is 354 g/mol. The van der Waals surface area contributed by atoms with Crippen molar-refractivity contribution in [2.75, 3.05) is 5.32 Å². The monoisotopic (exact) mass is 354 g/mol. The lowest BCUT2D eigenvalue weighted by Gasteiger charge is -2.40. The third-order valence-corrected chi connectivity index (χ3v) is 5.75. The molecule has 1 aromatic heterocycles. The van der Waals surface area contributed by atoms with Gasteiger partial charge in [0.25, 0.3) is 0 Å². The number of rotatable bonds is 1. The molecule has 0 unspecified atom stereocenters. The van der Waals surface area contributed by atoms with Crippen molar-refractivity contribution >= 4 is 27.8 Å². The van der Waals surface area contributed by atoms with Crippen molar-refractivity contribution < 1.29 is 4.79 Å². The molecule has 1 aliphatic heterocycles. The molecule has 1 atom stereocenters. The van der Waals surface area contributed by atoms with Crippen LogP contribution in [0.25, 0.3) is 16.3 Å². The van der Waals surface area contributed by atoms with Crippen molar-refractivity contribution in [3.63, 3.8) is 0 Å². The average Bonchev–Trinajstić information content (AvgIpc) is 2.66. The third kappa shape index (κ3) is 2.57. The second kappa shape index (κ2) is 5.78. The van der Waals surface area contributed by atoms with E-state index in [-0.39, 0.29) is 17.2 Å². The number of nitrogens with one attached hydrogen (secondary N) is 1. The molecule has 27 heavy (non-hydrogen) atoms. The van der Waals surface area contributed by atoms with Crippen LogP contribution in [-0.2, 0) is 4.79 Å². The van der Waals surface area contributed by atoms with E-state index in [0.29, 0.717) is 6.42 Å². The molecular weight excluding hydrogens is 332 g/mol. The van der Waals surface area contributed by atoms with Gasteiger partial charge in [-0.1, -0.05) is 50.2 Å². The van der Waals surface area contributed by atoms with Crippen molar-refractivity contribution in [1.82, 2.24) is 4.98 Å². The zero-order valence-corrected chi connectivity index (χ0v) is 15.6. The summed E-state index contributed by atoms with van der Waals surface area (Å²) in [6, 6.07) is 16.6. The van der Waals surface area contributed by atoms with Crippen molar-refractivity contribution in [3.8, 4) is 0 Å². The van der Waals surface area contributed by atoms with Gasteiger partial charge in [0, 0.05) is 35.6 Å². The maximum atomic E-state index is 13.3. The van der Waals surface area contributed by atoms with Crippen molar-refractivity contribution in [3.05, 3.63) is 77.6 Å². The van der Waals surface area contributed by atoms with E-state index in [1.807, 2.05) is 24.4 Å². The highest BCUT2D eigenvalue weighted by atomic mass is 16.1. The number of pyridine rings is 1. The number of Topliss-reactive ketones (excluding diaryl/α,β-unsaturated/α-hetero) is 1. The Labute approximate surface area is 159 Å². The molecule has 0 fully saturated rings. The number of nitrogens with zero attached hydrogens (tertiary/aromatic N) is 1. The Kier molecular flexibility index (Phi) is 3.48. The van der Waals surface area contributed by atoms with Crippen molar-refractivity contribution in [2.45, 2.75) is 32.7 Å². The number of ketones is 1. The zero-order chi connectivity index (χ0) is 18.6. The molecule has 0 bridgehead atoms. The molecule has 2 aromatic carbocycles. The number of hydrogen-bond acceptors (Lipinski definition) is 3. The topological polar surface area (TPSA) is 42.0 Å². The minimum absolute atomic E-state index is 0.00844. The van der Waals surface area contributed by atoms with E-state index in [9.17, 15) is 4.79 Å². The summed E-state index contributed by atoms with van der Waals surface area (Å²) in [5, 5.41) is 6.03. The van der Waals surface area contributed by atoms with Crippen LogP contribution in [0.1, 0.15) is 43.9 Å². The molecule has 2 heterocycles. The van der Waals surface area contributed by atoms with Gasteiger partial charge in [-0.2, -0.15) is 0 Å². The largest absolute Gasteiger partial charge is 0.374 e. The van der Waals surface area contributed by atoms with Crippen LogP contribution >= 0.6 is 0 Å². The fraction of sp³-hybridized carbons (Fsp3) is 0.250. The normalized spacial score (nSPS) is 20.8. The number of carbonyl (C=O) groups is 1. The molecule has 3 heteroatoms. The van der Waals surface area contributed by atoms with Crippen molar-refractivity contribution in [2.24, 2.45) is 5.41 Å². The van der Waals surface area contributed by atoms with E-state index in [1.54, 1.807) is 6.20 Å². The van der Waals surface area contributed by atoms with Gasteiger partial charge in [-0.15, -0.1) is 0 Å². The maximum Gasteiger partial charge on any atom is 0.164 e. The lowest BCUT2D eigenvalue weighted by Crippen LogP contribution is -2.32. The van der Waals surface area contributed by atoms with E-state index < -0.39 is 0 Å². The molecule has 2 aliphatic rings. The summed E-state index contributed by atoms with van der Waals surface area (Å²) in [4.78, 5) is 17.6. The second-order valence-electron chi connectivity index (χ2n) is 8.41. The quantitative estimate of drug-likeness (QED) is 0.623. The van der Waals surface area contributed by atoms with Gasteiger partial charge >= 0.3 is 0 Å². The Morgan fingerprint density at radius 2 is 1.89 bits per heavy atom. The number of carbonyl (C=O) groups excluding carboxylic acids is 1. The lowest BCUT2D eigenvalue weighted by atomic mass is 9.68. The van der Waals surface area contributed by atoms with Crippen LogP contribution in [-0.4, -0.2) is 10.8 Å². The standard InChI is InChI=1S/C24H22N2O/c1-24(2)12-18-22(20(27)13-24)21-17-8-4-3-6-15(17)9-10-19(21)26-23(18)16-7-5-11-25-14-16/h3-11,14,23,26H,12-13H2,1-2H3/t23-/m0/s1. The van der Waals surface area contributed by atoms with E-state index in [2.05, 4.69) is 54.5 Å². The summed E-state index contributed by atoms with van der Waals surface area (Å²) in [6.07, 6.45) is 5.19. The molecule has 3 nitrogen and oxygen atoms in total. The fourth-order valence-corrected chi connectivity index (χ4v) is 4.65. The highest BCUT2D eigenvalue weighted by Gasteiger charge is 2.40. The summed E-state index contributed by atoms with van der Waals surface area (Å²) in [5.41, 5.74) is 5.31. The smallest absolute Gasteiger partial charge is 0.164 e. The fourth-order valence-electron chi connectivity index (χ4n) is 4.65. The van der Waals surface area contributed by atoms with Crippen LogP contribution in [0.4, 0.5) is 5.69 Å². The molecule has 5 rings (SSSR count). The van der Waals surface area contributed by atoms with Gasteiger partial charge in [-0.05, 0) is 45.9 Å². The minimum atomic E-state index is -0.0276.